The molecule has 2 aliphatic rings. The first kappa shape index (κ1) is 37.3. The molecular weight excluding hydrogens is 642 g/mol. The van der Waals surface area contributed by atoms with Crippen LogP contribution in [-0.4, -0.2) is 34.8 Å². The highest BCUT2D eigenvalue weighted by Crippen LogP contribution is 2.33. The van der Waals surface area contributed by atoms with E-state index in [1.165, 1.54) is 28.8 Å². The second-order valence-electron chi connectivity index (χ2n) is 12.8. The lowest BCUT2D eigenvalue weighted by Gasteiger charge is -2.32. The number of carboxylic acid groups (broad SMARTS) is 1. The van der Waals surface area contributed by atoms with Crippen molar-refractivity contribution in [2.24, 2.45) is 10.9 Å². The normalized spacial score (nSPS) is 17.5. The Morgan fingerprint density at radius 3 is 2.21 bits per heavy atom. The monoisotopic (exact) mass is 688 g/mol. The Kier molecular flexibility index (Phi) is 13.8. The van der Waals surface area contributed by atoms with Crippen molar-refractivity contribution in [3.63, 3.8) is 0 Å². The van der Waals surface area contributed by atoms with Crippen molar-refractivity contribution in [3.05, 3.63) is 134 Å². The highest BCUT2D eigenvalue weighted by atomic mass is 35.5. The highest BCUT2D eigenvalue weighted by molar-refractivity contribution is 6.34. The number of carboxylic acids is 1. The van der Waals surface area contributed by atoms with Gasteiger partial charge in [-0.15, -0.1) is 0 Å². The fraction of sp³-hybridized carbons (Fsp3) is 0.366. The van der Waals surface area contributed by atoms with E-state index in [9.17, 15) is 14.3 Å². The van der Waals surface area contributed by atoms with Crippen LogP contribution in [0, 0.1) is 18.7 Å². The number of allylic oxidation sites excluding steroid dienone is 4. The van der Waals surface area contributed by atoms with Gasteiger partial charge in [0, 0.05) is 22.3 Å². The van der Waals surface area contributed by atoms with Crippen LogP contribution in [0.1, 0.15) is 81.5 Å². The molecule has 1 atom stereocenters. The van der Waals surface area contributed by atoms with Crippen molar-refractivity contribution >= 4 is 40.6 Å². The number of likely N-dealkylation sites (tertiary alicyclic amines) is 1. The first-order chi connectivity index (χ1) is 23.0. The molecule has 0 bridgehead atoms. The second kappa shape index (κ2) is 17.8. The van der Waals surface area contributed by atoms with Gasteiger partial charge in [0.2, 0.25) is 0 Å². The first-order valence-corrected chi connectivity index (χ1v) is 17.7. The fourth-order valence-corrected chi connectivity index (χ4v) is 6.72. The van der Waals surface area contributed by atoms with E-state index in [4.69, 9.17) is 28.2 Å². The van der Waals surface area contributed by atoms with Crippen molar-refractivity contribution in [2.45, 2.75) is 79.2 Å². The molecule has 1 aliphatic heterocycles. The maximum atomic E-state index is 12.3. The number of benzene rings is 3. The van der Waals surface area contributed by atoms with Gasteiger partial charge in [0.05, 0.1) is 11.3 Å². The molecule has 0 aromatic heterocycles. The number of rotatable bonds is 9. The van der Waals surface area contributed by atoms with Crippen LogP contribution in [0.25, 0.3) is 0 Å². The standard InChI is InChI=1S/C32H36Cl2N2O2.C9H11F/c1-5-30(29-17-25(32(37)38)9-7-20(2)22(29)4)35-31-14-23(8-6-21(31)3)19-36-12-10-24(11-13-36)26-15-27(33)18-28(34)16-26;1-2-3-8-4-6-9(10)7-5-8/h6-9,14-18,20,24H,5,10-13,19H2,1-4H3,(H,37,38);4-7H,2-3H2,1H3. The molecule has 0 radical (unpaired) electrons. The number of carbonyl (C=O) groups is 1. The summed E-state index contributed by atoms with van der Waals surface area (Å²) >= 11 is 12.5. The average molecular weight is 690 g/mol. The van der Waals surface area contributed by atoms with E-state index < -0.39 is 5.97 Å². The predicted octanol–water partition coefficient (Wildman–Crippen LogP) is 11.5. The Morgan fingerprint density at radius 2 is 1.60 bits per heavy atom. The topological polar surface area (TPSA) is 52.9 Å². The van der Waals surface area contributed by atoms with Gasteiger partial charge in [-0.25, -0.2) is 9.18 Å². The molecule has 1 N–H and O–H groups in total. The number of halogens is 3. The van der Waals surface area contributed by atoms with E-state index in [0.717, 1.165) is 73.4 Å². The highest BCUT2D eigenvalue weighted by Gasteiger charge is 2.22. The lowest BCUT2D eigenvalue weighted by Crippen LogP contribution is -2.32. The summed E-state index contributed by atoms with van der Waals surface area (Å²) in [6.45, 7) is 13.3. The molecule has 1 unspecified atom stereocenters. The van der Waals surface area contributed by atoms with Crippen LogP contribution in [0.3, 0.4) is 0 Å². The van der Waals surface area contributed by atoms with Gasteiger partial charge < -0.3 is 5.11 Å². The van der Waals surface area contributed by atoms with Crippen LogP contribution in [0.5, 0.6) is 0 Å². The molecule has 3 aromatic carbocycles. The molecule has 48 heavy (non-hydrogen) atoms. The zero-order chi connectivity index (χ0) is 34.8. The van der Waals surface area contributed by atoms with Gasteiger partial charge in [-0.2, -0.15) is 0 Å². The van der Waals surface area contributed by atoms with E-state index in [2.05, 4.69) is 57.7 Å². The molecule has 0 spiro atoms. The Labute approximate surface area is 295 Å². The molecule has 1 aliphatic carbocycles. The van der Waals surface area contributed by atoms with Crippen molar-refractivity contribution < 1.29 is 14.3 Å². The Bertz CT molecular complexity index is 1680. The Morgan fingerprint density at radius 1 is 0.958 bits per heavy atom. The predicted molar refractivity (Wildman–Crippen MR) is 199 cm³/mol. The third-order valence-electron chi connectivity index (χ3n) is 9.20. The van der Waals surface area contributed by atoms with Gasteiger partial charge in [0.25, 0.3) is 0 Å². The van der Waals surface area contributed by atoms with Crippen LogP contribution in [0.15, 0.2) is 101 Å². The minimum Gasteiger partial charge on any atom is -0.478 e. The van der Waals surface area contributed by atoms with E-state index in [-0.39, 0.29) is 11.7 Å². The summed E-state index contributed by atoms with van der Waals surface area (Å²) in [5.41, 5.74) is 8.99. The lowest BCUT2D eigenvalue weighted by atomic mass is 9.89. The number of hydrogen-bond donors (Lipinski definition) is 1. The SMILES string of the molecule is CCC(=Nc1cc(CN2CCC(c3cc(Cl)cc(Cl)c3)CC2)ccc1C)C1=C(C)C(C)C=CC(C(=O)O)=C1.CCCc1ccc(F)cc1. The zero-order valence-corrected chi connectivity index (χ0v) is 30.2. The molecular formula is C41H47Cl2FN2O2. The van der Waals surface area contributed by atoms with Gasteiger partial charge >= 0.3 is 5.97 Å². The molecule has 5 rings (SSSR count). The maximum Gasteiger partial charge on any atom is 0.335 e. The van der Waals surface area contributed by atoms with Crippen LogP contribution in [-0.2, 0) is 17.8 Å². The summed E-state index contributed by atoms with van der Waals surface area (Å²) in [6, 6.07) is 19.1. The second-order valence-corrected chi connectivity index (χ2v) is 13.7. The smallest absolute Gasteiger partial charge is 0.335 e. The molecule has 0 saturated carbocycles. The Balaban J connectivity index is 0.000000445. The van der Waals surface area contributed by atoms with Gasteiger partial charge in [0.1, 0.15) is 5.82 Å². The van der Waals surface area contributed by atoms with Crippen LogP contribution in [0.2, 0.25) is 10.0 Å². The van der Waals surface area contributed by atoms with E-state index >= 15 is 0 Å². The number of hydrogen-bond acceptors (Lipinski definition) is 3. The number of piperidine rings is 1. The third-order valence-corrected chi connectivity index (χ3v) is 9.63. The summed E-state index contributed by atoms with van der Waals surface area (Å²) in [5, 5.41) is 11.0. The van der Waals surface area contributed by atoms with E-state index in [1.807, 2.05) is 30.3 Å². The average Bonchev–Trinajstić information content (AvgIpc) is 3.20. The summed E-state index contributed by atoms with van der Waals surface area (Å²) in [6.07, 6.45) is 10.4. The minimum absolute atomic E-state index is 0.146. The molecule has 4 nitrogen and oxygen atoms in total. The summed E-state index contributed by atoms with van der Waals surface area (Å²) in [7, 11) is 0. The van der Waals surface area contributed by atoms with Gasteiger partial charge in [-0.1, -0.05) is 92.4 Å². The molecule has 254 valence electrons. The summed E-state index contributed by atoms with van der Waals surface area (Å²) < 4.78 is 12.3. The van der Waals surface area contributed by atoms with Crippen LogP contribution >= 0.6 is 23.2 Å². The summed E-state index contributed by atoms with van der Waals surface area (Å²) in [4.78, 5) is 19.3. The van der Waals surface area contributed by atoms with Crippen molar-refractivity contribution in [3.8, 4) is 0 Å². The van der Waals surface area contributed by atoms with Crippen LogP contribution in [0.4, 0.5) is 10.1 Å². The molecule has 3 aromatic rings. The van der Waals surface area contributed by atoms with Gasteiger partial charge in [0.15, 0.2) is 0 Å². The number of aliphatic carboxylic acids is 1. The first-order valence-electron chi connectivity index (χ1n) is 16.9. The van der Waals surface area contributed by atoms with Crippen molar-refractivity contribution in [2.75, 3.05) is 13.1 Å². The molecule has 0 amide bonds. The Hall–Kier alpha value is -3.51. The molecule has 7 heteroatoms. The van der Waals surface area contributed by atoms with Gasteiger partial charge in [-0.3, -0.25) is 9.89 Å². The number of aliphatic imine (C=N–C) groups is 1. The zero-order valence-electron chi connectivity index (χ0n) is 28.7. The van der Waals surface area contributed by atoms with Crippen molar-refractivity contribution in [1.29, 1.82) is 0 Å². The number of aryl methyl sites for hydroxylation is 2. The summed E-state index contributed by atoms with van der Waals surface area (Å²) in [5.74, 6) is -0.450. The minimum atomic E-state index is -0.920. The van der Waals surface area contributed by atoms with Gasteiger partial charge in [-0.05, 0) is 135 Å². The third kappa shape index (κ3) is 10.5. The van der Waals surface area contributed by atoms with Crippen molar-refractivity contribution in [1.82, 2.24) is 4.90 Å². The maximum absolute atomic E-state index is 12.3. The van der Waals surface area contributed by atoms with E-state index in [0.29, 0.717) is 28.0 Å². The molecule has 1 fully saturated rings. The molecule has 1 heterocycles. The fourth-order valence-electron chi connectivity index (χ4n) is 6.18. The van der Waals surface area contributed by atoms with Crippen LogP contribution < -0.4 is 0 Å². The quantitative estimate of drug-likeness (QED) is 0.228. The largest absolute Gasteiger partial charge is 0.478 e. The lowest BCUT2D eigenvalue weighted by molar-refractivity contribution is -0.132. The number of nitrogens with zero attached hydrogens (tertiary/aromatic N) is 2. The van der Waals surface area contributed by atoms with E-state index in [1.54, 1.807) is 18.2 Å². The molecule has 1 saturated heterocycles.